The molecule has 7 heteroatoms. The molecule has 1 aromatic carbocycles. The van der Waals surface area contributed by atoms with Crippen LogP contribution in [0, 0.1) is 0 Å². The van der Waals surface area contributed by atoms with E-state index >= 15 is 0 Å². The van der Waals surface area contributed by atoms with E-state index in [4.69, 9.17) is 11.5 Å². The van der Waals surface area contributed by atoms with Crippen molar-refractivity contribution in [1.29, 1.82) is 0 Å². The number of ether oxygens (including phenoxy) is 1. The van der Waals surface area contributed by atoms with Gasteiger partial charge in [0.15, 0.2) is 12.6 Å². The number of benzene rings is 1. The Labute approximate surface area is 96.1 Å². The van der Waals surface area contributed by atoms with Crippen molar-refractivity contribution in [2.24, 2.45) is 16.5 Å². The number of guanidine groups is 1. The Morgan fingerprint density at radius 3 is 2.24 bits per heavy atom. The van der Waals surface area contributed by atoms with E-state index in [1.165, 1.54) is 12.1 Å². The fourth-order valence-corrected chi connectivity index (χ4v) is 1.04. The molecular weight excluding hydrogens is 235 g/mol. The first-order valence-electron chi connectivity index (χ1n) is 4.71. The zero-order valence-corrected chi connectivity index (χ0v) is 8.87. The molecule has 0 atom stereocenters. The molecular formula is C10H12F3N3O. The normalized spacial score (nSPS) is 11.0. The Hall–Kier alpha value is -1.92. The lowest BCUT2D eigenvalue weighted by Crippen LogP contribution is -2.22. The molecule has 0 amide bonds. The zero-order chi connectivity index (χ0) is 12.9. The van der Waals surface area contributed by atoms with Crippen LogP contribution in [0.5, 0.6) is 5.75 Å². The molecule has 0 unspecified atom stereocenters. The predicted molar refractivity (Wildman–Crippen MR) is 57.5 cm³/mol. The molecule has 0 spiro atoms. The third-order valence-corrected chi connectivity index (χ3v) is 1.77. The predicted octanol–water partition coefficient (Wildman–Crippen LogP) is 1.40. The number of hydrogen-bond acceptors (Lipinski definition) is 2. The average molecular weight is 247 g/mol. The maximum absolute atomic E-state index is 11.9. The van der Waals surface area contributed by atoms with Gasteiger partial charge in [-0.25, -0.2) is 4.99 Å². The Kier molecular flexibility index (Phi) is 4.19. The molecule has 4 nitrogen and oxygen atoms in total. The molecule has 1 aromatic rings. The molecule has 94 valence electrons. The maximum Gasteiger partial charge on any atom is 0.422 e. The fourth-order valence-electron chi connectivity index (χ4n) is 1.04. The van der Waals surface area contributed by atoms with Crippen molar-refractivity contribution >= 4 is 5.96 Å². The number of halogens is 3. The summed E-state index contributed by atoms with van der Waals surface area (Å²) in [4.78, 5) is 3.76. The molecule has 0 aromatic heterocycles. The van der Waals surface area contributed by atoms with E-state index in [-0.39, 0.29) is 18.3 Å². The fraction of sp³-hybridized carbons (Fsp3) is 0.300. The highest BCUT2D eigenvalue weighted by molar-refractivity contribution is 5.75. The smallest absolute Gasteiger partial charge is 0.422 e. The topological polar surface area (TPSA) is 73.6 Å². The van der Waals surface area contributed by atoms with Crippen molar-refractivity contribution < 1.29 is 17.9 Å². The Morgan fingerprint density at radius 2 is 1.76 bits per heavy atom. The second-order valence-corrected chi connectivity index (χ2v) is 3.29. The second kappa shape index (κ2) is 5.42. The van der Waals surface area contributed by atoms with Crippen molar-refractivity contribution in [3.05, 3.63) is 29.8 Å². The highest BCUT2D eigenvalue weighted by atomic mass is 19.4. The van der Waals surface area contributed by atoms with Gasteiger partial charge in [-0.3, -0.25) is 0 Å². The largest absolute Gasteiger partial charge is 0.484 e. The summed E-state index contributed by atoms with van der Waals surface area (Å²) in [5.41, 5.74) is 11.1. The summed E-state index contributed by atoms with van der Waals surface area (Å²) in [6.45, 7) is -1.03. The minimum atomic E-state index is -4.34. The lowest BCUT2D eigenvalue weighted by Gasteiger charge is -2.09. The summed E-state index contributed by atoms with van der Waals surface area (Å²) in [5, 5.41) is 0. The number of hydrogen-bond donors (Lipinski definition) is 2. The second-order valence-electron chi connectivity index (χ2n) is 3.29. The number of aliphatic imine (C=N–C) groups is 1. The minimum Gasteiger partial charge on any atom is -0.484 e. The number of alkyl halides is 3. The third-order valence-electron chi connectivity index (χ3n) is 1.77. The van der Waals surface area contributed by atoms with E-state index in [0.717, 1.165) is 5.56 Å². The van der Waals surface area contributed by atoms with E-state index in [9.17, 15) is 13.2 Å². The molecule has 0 heterocycles. The monoisotopic (exact) mass is 247 g/mol. The van der Waals surface area contributed by atoms with E-state index < -0.39 is 12.8 Å². The summed E-state index contributed by atoms with van der Waals surface area (Å²) < 4.78 is 40.1. The molecule has 0 saturated carbocycles. The van der Waals surface area contributed by atoms with Crippen LogP contribution in [0.4, 0.5) is 13.2 Å². The maximum atomic E-state index is 11.9. The highest BCUT2D eigenvalue weighted by Crippen LogP contribution is 2.18. The summed E-state index contributed by atoms with van der Waals surface area (Å²) in [7, 11) is 0. The van der Waals surface area contributed by atoms with Gasteiger partial charge in [0.1, 0.15) is 5.75 Å². The highest BCUT2D eigenvalue weighted by Gasteiger charge is 2.28. The third kappa shape index (κ3) is 5.64. The van der Waals surface area contributed by atoms with E-state index in [1.807, 2.05) is 0 Å². The zero-order valence-electron chi connectivity index (χ0n) is 8.87. The van der Waals surface area contributed by atoms with Crippen LogP contribution in [-0.2, 0) is 6.54 Å². The van der Waals surface area contributed by atoms with E-state index in [0.29, 0.717) is 0 Å². The number of nitrogens with zero attached hydrogens (tertiary/aromatic N) is 1. The van der Waals surface area contributed by atoms with Gasteiger partial charge in [0.2, 0.25) is 0 Å². The molecule has 0 aliphatic rings. The van der Waals surface area contributed by atoms with Crippen molar-refractivity contribution in [2.45, 2.75) is 12.7 Å². The lowest BCUT2D eigenvalue weighted by molar-refractivity contribution is -0.153. The summed E-state index contributed by atoms with van der Waals surface area (Å²) in [6.07, 6.45) is -4.34. The number of rotatable bonds is 4. The van der Waals surface area contributed by atoms with E-state index in [1.54, 1.807) is 12.1 Å². The van der Waals surface area contributed by atoms with Crippen LogP contribution >= 0.6 is 0 Å². The van der Waals surface area contributed by atoms with Gasteiger partial charge in [-0.05, 0) is 17.7 Å². The molecule has 0 bridgehead atoms. The van der Waals surface area contributed by atoms with Gasteiger partial charge in [-0.15, -0.1) is 0 Å². The van der Waals surface area contributed by atoms with Gasteiger partial charge in [0.25, 0.3) is 0 Å². The standard InChI is InChI=1S/C10H12F3N3O/c11-10(12,13)6-17-8-3-1-7(2-4-8)5-16-9(14)15/h1-4H,5-6H2,(H4,14,15,16). The quantitative estimate of drug-likeness (QED) is 0.624. The molecule has 17 heavy (non-hydrogen) atoms. The molecule has 0 saturated heterocycles. The summed E-state index contributed by atoms with van der Waals surface area (Å²) in [6, 6.07) is 6.06. The minimum absolute atomic E-state index is 0.0394. The summed E-state index contributed by atoms with van der Waals surface area (Å²) >= 11 is 0. The van der Waals surface area contributed by atoms with Gasteiger partial charge in [-0.1, -0.05) is 12.1 Å². The Bertz CT molecular complexity index is 383. The van der Waals surface area contributed by atoms with Gasteiger partial charge in [0, 0.05) is 0 Å². The van der Waals surface area contributed by atoms with Gasteiger partial charge in [0.05, 0.1) is 6.54 Å². The van der Waals surface area contributed by atoms with Crippen LogP contribution in [0.1, 0.15) is 5.56 Å². The summed E-state index contributed by atoms with van der Waals surface area (Å²) in [5.74, 6) is 0.109. The molecule has 0 aliphatic carbocycles. The van der Waals surface area contributed by atoms with Crippen molar-refractivity contribution in [3.8, 4) is 5.75 Å². The van der Waals surface area contributed by atoms with Gasteiger partial charge < -0.3 is 16.2 Å². The van der Waals surface area contributed by atoms with Crippen LogP contribution in [0.2, 0.25) is 0 Å². The average Bonchev–Trinajstić information content (AvgIpc) is 2.24. The van der Waals surface area contributed by atoms with E-state index in [2.05, 4.69) is 9.73 Å². The van der Waals surface area contributed by atoms with Crippen molar-refractivity contribution in [3.63, 3.8) is 0 Å². The number of nitrogens with two attached hydrogens (primary N) is 2. The van der Waals surface area contributed by atoms with Crippen molar-refractivity contribution in [2.75, 3.05) is 6.61 Å². The van der Waals surface area contributed by atoms with Crippen molar-refractivity contribution in [1.82, 2.24) is 0 Å². The first-order valence-corrected chi connectivity index (χ1v) is 4.71. The van der Waals surface area contributed by atoms with Crippen LogP contribution in [-0.4, -0.2) is 18.7 Å². The molecule has 4 N–H and O–H groups in total. The SMILES string of the molecule is NC(N)=NCc1ccc(OCC(F)(F)F)cc1. The molecule has 0 fully saturated rings. The first kappa shape index (κ1) is 13.1. The Morgan fingerprint density at radius 1 is 1.18 bits per heavy atom. The van der Waals surface area contributed by atoms with Gasteiger partial charge >= 0.3 is 6.18 Å². The van der Waals surface area contributed by atoms with Crippen LogP contribution in [0.3, 0.4) is 0 Å². The Balaban J connectivity index is 2.53. The van der Waals surface area contributed by atoms with Gasteiger partial charge in [-0.2, -0.15) is 13.2 Å². The molecule has 0 radical (unpaired) electrons. The molecule has 0 aliphatic heterocycles. The molecule has 1 rings (SSSR count). The first-order chi connectivity index (χ1) is 7.87. The van der Waals surface area contributed by atoms with Crippen LogP contribution in [0.15, 0.2) is 29.3 Å². The van der Waals surface area contributed by atoms with Crippen LogP contribution in [0.25, 0.3) is 0 Å². The lowest BCUT2D eigenvalue weighted by atomic mass is 10.2. The van der Waals surface area contributed by atoms with Crippen LogP contribution < -0.4 is 16.2 Å².